The topological polar surface area (TPSA) is 26.0 Å². The van der Waals surface area contributed by atoms with Crippen LogP contribution in [0.5, 0.6) is 0 Å². The van der Waals surface area contributed by atoms with E-state index in [1.165, 1.54) is 6.07 Å². The average Bonchev–Trinajstić information content (AvgIpc) is 2.12. The van der Waals surface area contributed by atoms with Crippen molar-refractivity contribution in [3.8, 4) is 0 Å². The molecule has 0 bridgehead atoms. The summed E-state index contributed by atoms with van der Waals surface area (Å²) in [5.41, 5.74) is 5.09. The monoisotopic (exact) mass is 247 g/mol. The van der Waals surface area contributed by atoms with Gasteiger partial charge >= 0.3 is 6.18 Å². The van der Waals surface area contributed by atoms with Gasteiger partial charge in [0.25, 0.3) is 0 Å². The van der Waals surface area contributed by atoms with Crippen LogP contribution in [-0.2, 0) is 6.18 Å². The highest BCUT2D eigenvalue weighted by molar-refractivity contribution is 5.29. The Morgan fingerprint density at radius 2 is 1.88 bits per heavy atom. The molecule has 94 valence electrons. The second kappa shape index (κ2) is 4.29. The molecule has 1 saturated carbocycles. The van der Waals surface area contributed by atoms with E-state index in [1.807, 2.05) is 0 Å². The zero-order valence-corrected chi connectivity index (χ0v) is 9.10. The number of hydrogen-bond acceptors (Lipinski definition) is 1. The minimum absolute atomic E-state index is 0.270. The van der Waals surface area contributed by atoms with Crippen LogP contribution in [0.15, 0.2) is 18.2 Å². The third kappa shape index (κ3) is 2.44. The lowest BCUT2D eigenvalue weighted by molar-refractivity contribution is -0.140. The average molecular weight is 247 g/mol. The molecule has 0 amide bonds. The summed E-state index contributed by atoms with van der Waals surface area (Å²) in [6, 6.07) is 2.59. The van der Waals surface area contributed by atoms with E-state index >= 15 is 0 Å². The summed E-state index contributed by atoms with van der Waals surface area (Å²) in [5.74, 6) is -0.976. The number of nitrogens with two attached hydrogens (primary N) is 1. The van der Waals surface area contributed by atoms with E-state index in [-0.39, 0.29) is 12.0 Å². The van der Waals surface area contributed by atoms with Gasteiger partial charge in [-0.05, 0) is 36.5 Å². The van der Waals surface area contributed by atoms with Gasteiger partial charge in [0, 0.05) is 6.04 Å². The van der Waals surface area contributed by atoms with Gasteiger partial charge in [0.05, 0.1) is 5.56 Å². The quantitative estimate of drug-likeness (QED) is 0.793. The molecule has 0 aromatic heterocycles. The Kier molecular flexibility index (Phi) is 3.12. The summed E-state index contributed by atoms with van der Waals surface area (Å²) < 4.78 is 50.4. The predicted molar refractivity (Wildman–Crippen MR) is 55.7 cm³/mol. The molecule has 17 heavy (non-hydrogen) atoms. The first-order valence-electron chi connectivity index (χ1n) is 5.52. The van der Waals surface area contributed by atoms with Gasteiger partial charge in [-0.2, -0.15) is 13.2 Å². The van der Waals surface area contributed by atoms with Crippen LogP contribution >= 0.6 is 0 Å². The molecule has 1 aliphatic rings. The highest BCUT2D eigenvalue weighted by Gasteiger charge is 2.34. The van der Waals surface area contributed by atoms with Crippen molar-refractivity contribution in [2.45, 2.75) is 31.5 Å². The van der Waals surface area contributed by atoms with E-state index in [1.54, 1.807) is 0 Å². The summed E-state index contributed by atoms with van der Waals surface area (Å²) in [6.07, 6.45) is -1.64. The van der Waals surface area contributed by atoms with E-state index in [0.29, 0.717) is 5.56 Å². The molecule has 0 heterocycles. The molecule has 5 heteroatoms. The van der Waals surface area contributed by atoms with Crippen molar-refractivity contribution in [1.82, 2.24) is 0 Å². The molecule has 0 saturated heterocycles. The van der Waals surface area contributed by atoms with Crippen LogP contribution in [0.4, 0.5) is 17.6 Å². The summed E-state index contributed by atoms with van der Waals surface area (Å²) in [5, 5.41) is 0. The van der Waals surface area contributed by atoms with Gasteiger partial charge in [-0.15, -0.1) is 0 Å². The molecule has 2 rings (SSSR count). The van der Waals surface area contributed by atoms with Crippen LogP contribution in [0.1, 0.15) is 36.4 Å². The normalized spacial score (nSPS) is 18.9. The summed E-state index contributed by atoms with van der Waals surface area (Å²) in [4.78, 5) is 0. The molecule has 0 radical (unpaired) electrons. The maximum absolute atomic E-state index is 13.3. The highest BCUT2D eigenvalue weighted by Crippen LogP contribution is 2.38. The lowest BCUT2D eigenvalue weighted by atomic mass is 9.77. The zero-order chi connectivity index (χ0) is 12.6. The highest BCUT2D eigenvalue weighted by atomic mass is 19.4. The Labute approximate surface area is 96.6 Å². The molecule has 0 aliphatic heterocycles. The van der Waals surface area contributed by atoms with Crippen molar-refractivity contribution in [1.29, 1.82) is 0 Å². The third-order valence-electron chi connectivity index (χ3n) is 3.34. The molecule has 1 aliphatic carbocycles. The fourth-order valence-electron chi connectivity index (χ4n) is 2.04. The molecule has 0 spiro atoms. The van der Waals surface area contributed by atoms with Crippen LogP contribution in [-0.4, -0.2) is 0 Å². The Hall–Kier alpha value is -1.10. The SMILES string of the molecule is N[C@H](c1ccc(C(F)(F)F)c(F)c1)C1CCC1. The maximum Gasteiger partial charge on any atom is 0.419 e. The number of benzene rings is 1. The van der Waals surface area contributed by atoms with Crippen molar-refractivity contribution in [2.75, 3.05) is 0 Å². The lowest BCUT2D eigenvalue weighted by Crippen LogP contribution is -2.27. The molecule has 1 fully saturated rings. The number of halogens is 4. The fraction of sp³-hybridized carbons (Fsp3) is 0.500. The molecule has 1 nitrogen and oxygen atoms in total. The Morgan fingerprint density at radius 1 is 1.24 bits per heavy atom. The Morgan fingerprint density at radius 3 is 2.29 bits per heavy atom. The number of rotatable bonds is 2. The van der Waals surface area contributed by atoms with Crippen molar-refractivity contribution in [3.63, 3.8) is 0 Å². The van der Waals surface area contributed by atoms with Crippen molar-refractivity contribution in [3.05, 3.63) is 35.1 Å². The molecular formula is C12H13F4N. The Bertz CT molecular complexity index is 409. The van der Waals surface area contributed by atoms with Crippen LogP contribution in [0, 0.1) is 11.7 Å². The Balaban J connectivity index is 2.24. The zero-order valence-electron chi connectivity index (χ0n) is 9.10. The summed E-state index contributed by atoms with van der Waals surface area (Å²) in [6.45, 7) is 0. The van der Waals surface area contributed by atoms with E-state index < -0.39 is 17.6 Å². The van der Waals surface area contributed by atoms with Crippen molar-refractivity contribution in [2.24, 2.45) is 11.7 Å². The minimum Gasteiger partial charge on any atom is -0.324 e. The van der Waals surface area contributed by atoms with Crippen LogP contribution < -0.4 is 5.73 Å². The maximum atomic E-state index is 13.3. The van der Waals surface area contributed by atoms with Crippen LogP contribution in [0.3, 0.4) is 0 Å². The predicted octanol–water partition coefficient (Wildman–Crippen LogP) is 3.64. The fourth-order valence-corrected chi connectivity index (χ4v) is 2.04. The number of hydrogen-bond donors (Lipinski definition) is 1. The first-order valence-corrected chi connectivity index (χ1v) is 5.52. The van der Waals surface area contributed by atoms with Gasteiger partial charge < -0.3 is 5.73 Å². The molecule has 0 unspecified atom stereocenters. The van der Waals surface area contributed by atoms with Crippen LogP contribution in [0.2, 0.25) is 0 Å². The molecule has 1 aromatic rings. The first kappa shape index (κ1) is 12.4. The van der Waals surface area contributed by atoms with Gasteiger partial charge in [-0.25, -0.2) is 4.39 Å². The van der Waals surface area contributed by atoms with Crippen LogP contribution in [0.25, 0.3) is 0 Å². The van der Waals surface area contributed by atoms with Gasteiger partial charge in [0.15, 0.2) is 0 Å². The third-order valence-corrected chi connectivity index (χ3v) is 3.34. The molecule has 2 N–H and O–H groups in total. The van der Waals surface area contributed by atoms with E-state index in [9.17, 15) is 17.6 Å². The van der Waals surface area contributed by atoms with Crippen molar-refractivity contribution >= 4 is 0 Å². The lowest BCUT2D eigenvalue weighted by Gasteiger charge is -2.31. The standard InChI is InChI=1S/C12H13F4N/c13-10-6-8(11(17)7-2-1-3-7)4-5-9(10)12(14,15)16/h4-7,11H,1-3,17H2/t11-/m0/s1. The smallest absolute Gasteiger partial charge is 0.324 e. The van der Waals surface area contributed by atoms with Crippen molar-refractivity contribution < 1.29 is 17.6 Å². The van der Waals surface area contributed by atoms with Gasteiger partial charge in [0.1, 0.15) is 5.82 Å². The van der Waals surface area contributed by atoms with Gasteiger partial charge in [-0.1, -0.05) is 12.5 Å². The van der Waals surface area contributed by atoms with E-state index in [2.05, 4.69) is 0 Å². The van der Waals surface area contributed by atoms with Gasteiger partial charge in [-0.3, -0.25) is 0 Å². The largest absolute Gasteiger partial charge is 0.419 e. The summed E-state index contributed by atoms with van der Waals surface area (Å²) in [7, 11) is 0. The van der Waals surface area contributed by atoms with E-state index in [4.69, 9.17) is 5.73 Å². The molecule has 1 aromatic carbocycles. The van der Waals surface area contributed by atoms with E-state index in [0.717, 1.165) is 31.4 Å². The van der Waals surface area contributed by atoms with Gasteiger partial charge in [0.2, 0.25) is 0 Å². The first-order chi connectivity index (χ1) is 7.89. The summed E-state index contributed by atoms with van der Waals surface area (Å²) >= 11 is 0. The molecular weight excluding hydrogens is 234 g/mol. The number of alkyl halides is 3. The second-order valence-corrected chi connectivity index (χ2v) is 4.45. The minimum atomic E-state index is -4.65. The second-order valence-electron chi connectivity index (χ2n) is 4.45. The molecule has 1 atom stereocenters.